The Morgan fingerprint density at radius 2 is 1.73 bits per heavy atom. The summed E-state index contributed by atoms with van der Waals surface area (Å²) in [6, 6.07) is 4.55. The Morgan fingerprint density at radius 3 is 2.27 bits per heavy atom. The molecule has 136 valence electrons. The van der Waals surface area contributed by atoms with Gasteiger partial charge in [0, 0.05) is 30.2 Å². The van der Waals surface area contributed by atoms with E-state index in [1.807, 2.05) is 5.32 Å². The molecule has 26 heavy (non-hydrogen) atoms. The number of carbonyl (C=O) groups excluding carboxylic acids is 2. The number of benzene rings is 2. The van der Waals surface area contributed by atoms with Crippen molar-refractivity contribution in [1.29, 1.82) is 0 Å². The molecule has 0 aliphatic heterocycles. The minimum absolute atomic E-state index is 0.0849. The smallest absolute Gasteiger partial charge is 0.272 e. The largest absolute Gasteiger partial charge is 0.368 e. The van der Waals surface area contributed by atoms with E-state index in [1.54, 1.807) is 0 Å². The van der Waals surface area contributed by atoms with Crippen molar-refractivity contribution < 1.29 is 27.7 Å². The summed E-state index contributed by atoms with van der Waals surface area (Å²) in [7, 11) is 0. The molecule has 7 nitrogen and oxygen atoms in total. The lowest BCUT2D eigenvalue weighted by Crippen LogP contribution is -2.46. The van der Waals surface area contributed by atoms with Crippen LogP contribution in [0.3, 0.4) is 0 Å². The van der Waals surface area contributed by atoms with Gasteiger partial charge in [0.1, 0.15) is 29.1 Å². The van der Waals surface area contributed by atoms with Crippen LogP contribution in [0.25, 0.3) is 0 Å². The number of para-hydroxylation sites is 1. The molecule has 0 radical (unpaired) electrons. The highest BCUT2D eigenvalue weighted by Crippen LogP contribution is 2.20. The maximum atomic E-state index is 13.7. The number of nitro benzene ring substituents is 1. The number of halogens is 3. The molecule has 2 aromatic carbocycles. The first-order valence-electron chi connectivity index (χ1n) is 7.17. The summed E-state index contributed by atoms with van der Waals surface area (Å²) in [5, 5.41) is 13.0. The number of nitrogens with two attached hydrogens (primary N) is 1. The Balaban J connectivity index is 2.29. The van der Waals surface area contributed by atoms with Gasteiger partial charge in [0.05, 0.1) is 4.92 Å². The Labute approximate surface area is 144 Å². The van der Waals surface area contributed by atoms with Crippen LogP contribution in [0.4, 0.5) is 18.9 Å². The van der Waals surface area contributed by atoms with Gasteiger partial charge in [0.2, 0.25) is 5.91 Å². The Kier molecular flexibility index (Phi) is 5.55. The molecular formula is C16H12F3N3O4. The van der Waals surface area contributed by atoms with Crippen molar-refractivity contribution >= 4 is 17.5 Å². The minimum Gasteiger partial charge on any atom is -0.368 e. The van der Waals surface area contributed by atoms with Gasteiger partial charge in [-0.1, -0.05) is 18.2 Å². The Hall–Kier alpha value is -3.43. The first kappa shape index (κ1) is 18.9. The van der Waals surface area contributed by atoms with E-state index in [0.29, 0.717) is 12.1 Å². The van der Waals surface area contributed by atoms with Gasteiger partial charge < -0.3 is 11.1 Å². The molecule has 10 heteroatoms. The summed E-state index contributed by atoms with van der Waals surface area (Å²) >= 11 is 0. The highest BCUT2D eigenvalue weighted by atomic mass is 19.1. The predicted molar refractivity (Wildman–Crippen MR) is 83.6 cm³/mol. The fourth-order valence-electron chi connectivity index (χ4n) is 2.29. The zero-order valence-electron chi connectivity index (χ0n) is 13.0. The molecule has 0 saturated heterocycles. The molecule has 2 rings (SSSR count). The lowest BCUT2D eigenvalue weighted by molar-refractivity contribution is -0.385. The molecule has 0 fully saturated rings. The van der Waals surface area contributed by atoms with E-state index < -0.39 is 45.8 Å². The lowest BCUT2D eigenvalue weighted by Gasteiger charge is -2.16. The summed E-state index contributed by atoms with van der Waals surface area (Å²) in [5.41, 5.74) is 3.84. The first-order valence-corrected chi connectivity index (χ1v) is 7.17. The second-order valence-corrected chi connectivity index (χ2v) is 5.26. The molecule has 0 heterocycles. The summed E-state index contributed by atoms with van der Waals surface area (Å²) < 4.78 is 40.2. The lowest BCUT2D eigenvalue weighted by atomic mass is 10.0. The van der Waals surface area contributed by atoms with Crippen molar-refractivity contribution in [3.8, 4) is 0 Å². The summed E-state index contributed by atoms with van der Waals surface area (Å²) in [5.74, 6) is -6.56. The number of nitro groups is 1. The van der Waals surface area contributed by atoms with Gasteiger partial charge in [-0.3, -0.25) is 19.7 Å². The van der Waals surface area contributed by atoms with E-state index in [-0.39, 0.29) is 17.7 Å². The number of carbonyl (C=O) groups is 2. The normalized spacial score (nSPS) is 11.7. The third-order valence-electron chi connectivity index (χ3n) is 3.50. The first-order chi connectivity index (χ1) is 12.2. The van der Waals surface area contributed by atoms with Crippen molar-refractivity contribution in [3.05, 3.63) is 75.1 Å². The Morgan fingerprint density at radius 1 is 1.15 bits per heavy atom. The van der Waals surface area contributed by atoms with Crippen LogP contribution in [0, 0.1) is 27.6 Å². The monoisotopic (exact) mass is 367 g/mol. The molecule has 0 bridgehead atoms. The molecule has 2 amide bonds. The average Bonchev–Trinajstić information content (AvgIpc) is 2.53. The van der Waals surface area contributed by atoms with E-state index in [0.717, 1.165) is 0 Å². The van der Waals surface area contributed by atoms with Crippen LogP contribution in [0.15, 0.2) is 36.4 Å². The summed E-state index contributed by atoms with van der Waals surface area (Å²) in [6.07, 6.45) is -0.372. The summed E-state index contributed by atoms with van der Waals surface area (Å²) in [6.45, 7) is 0. The fraction of sp³-hybridized carbons (Fsp3) is 0.125. The van der Waals surface area contributed by atoms with Crippen LogP contribution in [0.5, 0.6) is 0 Å². The maximum absolute atomic E-state index is 13.7. The zero-order chi connectivity index (χ0) is 19.4. The number of rotatable bonds is 6. The standard InChI is InChI=1S/C16H12F3N3O4/c17-9-6-10(18)14(11(19)7-9)16(24)21-12(15(20)23)5-8-3-1-2-4-13(8)22(25)26/h1-4,6-7,12H,5H2,(H2,20,23)(H,21,24)/t12-/m0/s1. The molecule has 3 N–H and O–H groups in total. The van der Waals surface area contributed by atoms with Gasteiger partial charge in [-0.15, -0.1) is 0 Å². The van der Waals surface area contributed by atoms with Crippen LogP contribution in [0.1, 0.15) is 15.9 Å². The molecular weight excluding hydrogens is 355 g/mol. The van der Waals surface area contributed by atoms with Gasteiger partial charge in [0.15, 0.2) is 0 Å². The van der Waals surface area contributed by atoms with Crippen LogP contribution in [-0.4, -0.2) is 22.8 Å². The van der Waals surface area contributed by atoms with Gasteiger partial charge in [0.25, 0.3) is 11.6 Å². The van der Waals surface area contributed by atoms with Crippen LogP contribution < -0.4 is 11.1 Å². The highest BCUT2D eigenvalue weighted by Gasteiger charge is 2.26. The van der Waals surface area contributed by atoms with E-state index in [4.69, 9.17) is 5.73 Å². The van der Waals surface area contributed by atoms with Crippen molar-refractivity contribution in [1.82, 2.24) is 5.32 Å². The zero-order valence-corrected chi connectivity index (χ0v) is 13.0. The van der Waals surface area contributed by atoms with Gasteiger partial charge >= 0.3 is 0 Å². The predicted octanol–water partition coefficient (Wildman–Crippen LogP) is 1.84. The number of nitrogens with zero attached hydrogens (tertiary/aromatic N) is 1. The molecule has 0 aliphatic rings. The topological polar surface area (TPSA) is 115 Å². The molecule has 1 atom stereocenters. The number of hydrogen-bond donors (Lipinski definition) is 2. The van der Waals surface area contributed by atoms with Crippen molar-refractivity contribution in [2.45, 2.75) is 12.5 Å². The number of hydrogen-bond acceptors (Lipinski definition) is 4. The summed E-state index contributed by atoms with van der Waals surface area (Å²) in [4.78, 5) is 34.0. The van der Waals surface area contributed by atoms with E-state index in [9.17, 15) is 32.9 Å². The average molecular weight is 367 g/mol. The number of primary amides is 1. The van der Waals surface area contributed by atoms with Crippen LogP contribution >= 0.6 is 0 Å². The molecule has 0 saturated carbocycles. The molecule has 0 aliphatic carbocycles. The van der Waals surface area contributed by atoms with Crippen molar-refractivity contribution in [3.63, 3.8) is 0 Å². The molecule has 0 unspecified atom stereocenters. The van der Waals surface area contributed by atoms with Crippen molar-refractivity contribution in [2.24, 2.45) is 5.73 Å². The number of nitrogens with one attached hydrogen (secondary N) is 1. The van der Waals surface area contributed by atoms with Crippen LogP contribution in [-0.2, 0) is 11.2 Å². The second kappa shape index (κ2) is 7.64. The fourth-order valence-corrected chi connectivity index (χ4v) is 2.29. The SMILES string of the molecule is NC(=O)[C@H](Cc1ccccc1[N+](=O)[O-])NC(=O)c1c(F)cc(F)cc1F. The minimum atomic E-state index is -1.48. The Bertz CT molecular complexity index is 866. The second-order valence-electron chi connectivity index (χ2n) is 5.26. The van der Waals surface area contributed by atoms with Gasteiger partial charge in [-0.05, 0) is 0 Å². The molecule has 2 aromatic rings. The third kappa shape index (κ3) is 4.15. The van der Waals surface area contributed by atoms with E-state index in [2.05, 4.69) is 0 Å². The quantitative estimate of drug-likeness (QED) is 0.599. The van der Waals surface area contributed by atoms with Gasteiger partial charge in [-0.25, -0.2) is 13.2 Å². The maximum Gasteiger partial charge on any atom is 0.272 e. The molecule has 0 aromatic heterocycles. The van der Waals surface area contributed by atoms with Crippen LogP contribution in [0.2, 0.25) is 0 Å². The van der Waals surface area contributed by atoms with E-state index in [1.165, 1.54) is 24.3 Å². The van der Waals surface area contributed by atoms with Gasteiger partial charge in [-0.2, -0.15) is 0 Å². The highest BCUT2D eigenvalue weighted by molar-refractivity contribution is 5.97. The molecule has 0 spiro atoms. The van der Waals surface area contributed by atoms with E-state index >= 15 is 0 Å². The van der Waals surface area contributed by atoms with Crippen molar-refractivity contribution in [2.75, 3.05) is 0 Å². The number of amides is 2. The third-order valence-corrected chi connectivity index (χ3v) is 3.50.